The third-order valence-corrected chi connectivity index (χ3v) is 1.66. The summed E-state index contributed by atoms with van der Waals surface area (Å²) in [6.07, 6.45) is 5.64. The van der Waals surface area contributed by atoms with E-state index in [1.165, 1.54) is 6.08 Å². The summed E-state index contributed by atoms with van der Waals surface area (Å²) in [5.41, 5.74) is 0. The molecule has 0 heterocycles. The lowest BCUT2D eigenvalue weighted by molar-refractivity contribution is -0.104. The fourth-order valence-electron chi connectivity index (χ4n) is 0.830. The van der Waals surface area contributed by atoms with Crippen molar-refractivity contribution in [2.45, 2.75) is 19.8 Å². The van der Waals surface area contributed by atoms with E-state index in [1.54, 1.807) is 14.2 Å². The minimum atomic E-state index is 0.690. The summed E-state index contributed by atoms with van der Waals surface area (Å²) in [7, 11) is 3.19. The van der Waals surface area contributed by atoms with Crippen LogP contribution in [0.15, 0.2) is 23.7 Å². The third kappa shape index (κ3) is 5.96. The second-order valence-corrected chi connectivity index (χ2v) is 2.53. The second-order valence-electron chi connectivity index (χ2n) is 2.53. The maximum absolute atomic E-state index is 10.1. The summed E-state index contributed by atoms with van der Waals surface area (Å²) in [6, 6.07) is 0. The zero-order chi connectivity index (χ0) is 10.1. The summed E-state index contributed by atoms with van der Waals surface area (Å²) in [5.74, 6) is 1.57. The van der Waals surface area contributed by atoms with Gasteiger partial charge in [0.15, 0.2) is 0 Å². The van der Waals surface area contributed by atoms with Gasteiger partial charge in [0.05, 0.1) is 25.7 Å². The molecule has 74 valence electrons. The van der Waals surface area contributed by atoms with Crippen LogP contribution in [-0.2, 0) is 14.3 Å². The van der Waals surface area contributed by atoms with Gasteiger partial charge in [0.25, 0.3) is 0 Å². The number of carbonyl (C=O) groups is 1. The van der Waals surface area contributed by atoms with E-state index < -0.39 is 0 Å². The van der Waals surface area contributed by atoms with Crippen LogP contribution in [-0.4, -0.2) is 20.5 Å². The number of methoxy groups -OCH3 is 2. The van der Waals surface area contributed by atoms with Gasteiger partial charge >= 0.3 is 0 Å². The van der Waals surface area contributed by atoms with Crippen LogP contribution in [0.2, 0.25) is 0 Å². The van der Waals surface area contributed by atoms with Crippen LogP contribution in [0.4, 0.5) is 0 Å². The zero-order valence-electron chi connectivity index (χ0n) is 8.37. The first-order chi connectivity index (χ1) is 6.24. The van der Waals surface area contributed by atoms with Gasteiger partial charge in [-0.1, -0.05) is 0 Å². The Hall–Kier alpha value is -1.25. The quantitative estimate of drug-likeness (QED) is 0.360. The number of hydrogen-bond acceptors (Lipinski definition) is 3. The molecule has 0 aromatic rings. The first-order valence-electron chi connectivity index (χ1n) is 4.13. The molecule has 0 fully saturated rings. The Labute approximate surface area is 79.0 Å². The molecule has 0 aromatic carbocycles. The second kappa shape index (κ2) is 7.40. The molecule has 0 saturated carbocycles. The Morgan fingerprint density at radius 2 is 2.00 bits per heavy atom. The molecule has 3 heteroatoms. The SMILES string of the molecule is CO/C(=C\C=O)CC/C=C(\C)OC. The van der Waals surface area contributed by atoms with Crippen LogP contribution in [0.25, 0.3) is 0 Å². The van der Waals surface area contributed by atoms with Crippen molar-refractivity contribution in [1.29, 1.82) is 0 Å². The van der Waals surface area contributed by atoms with Gasteiger partial charge in [-0.2, -0.15) is 0 Å². The Balaban J connectivity index is 3.86. The van der Waals surface area contributed by atoms with Crippen molar-refractivity contribution in [2.75, 3.05) is 14.2 Å². The standard InChI is InChI=1S/C10H16O3/c1-9(12-2)5-4-6-10(13-3)7-8-11/h5,7-8H,4,6H2,1-3H3/b9-5+,10-7-. The van der Waals surface area contributed by atoms with Gasteiger partial charge in [0, 0.05) is 12.5 Å². The van der Waals surface area contributed by atoms with Crippen LogP contribution in [0, 0.1) is 0 Å². The first-order valence-corrected chi connectivity index (χ1v) is 4.13. The smallest absolute Gasteiger partial charge is 0.146 e. The predicted molar refractivity (Wildman–Crippen MR) is 51.2 cm³/mol. The highest BCUT2D eigenvalue weighted by Crippen LogP contribution is 2.07. The summed E-state index contributed by atoms with van der Waals surface area (Å²) < 4.78 is 9.92. The van der Waals surface area contributed by atoms with Gasteiger partial charge in [-0.05, 0) is 19.4 Å². The molecule has 3 nitrogen and oxygen atoms in total. The number of allylic oxidation sites excluding steroid dienone is 4. The maximum Gasteiger partial charge on any atom is 0.146 e. The van der Waals surface area contributed by atoms with Crippen molar-refractivity contribution in [3.8, 4) is 0 Å². The average molecular weight is 184 g/mol. The van der Waals surface area contributed by atoms with Gasteiger partial charge in [0.1, 0.15) is 6.29 Å². The molecule has 0 bridgehead atoms. The van der Waals surface area contributed by atoms with E-state index in [2.05, 4.69) is 0 Å². The van der Waals surface area contributed by atoms with E-state index in [1.807, 2.05) is 13.0 Å². The number of rotatable bonds is 6. The minimum absolute atomic E-state index is 0.690. The Morgan fingerprint density at radius 1 is 1.31 bits per heavy atom. The Morgan fingerprint density at radius 3 is 2.46 bits per heavy atom. The van der Waals surface area contributed by atoms with Gasteiger partial charge in [0.2, 0.25) is 0 Å². The molecule has 0 spiro atoms. The Kier molecular flexibility index (Phi) is 6.69. The van der Waals surface area contributed by atoms with Crippen molar-refractivity contribution < 1.29 is 14.3 Å². The van der Waals surface area contributed by atoms with E-state index in [-0.39, 0.29) is 0 Å². The van der Waals surface area contributed by atoms with Crippen molar-refractivity contribution >= 4 is 6.29 Å². The van der Waals surface area contributed by atoms with E-state index in [9.17, 15) is 4.79 Å². The van der Waals surface area contributed by atoms with Crippen molar-refractivity contribution in [3.05, 3.63) is 23.7 Å². The summed E-state index contributed by atoms with van der Waals surface area (Å²) in [5, 5.41) is 0. The topological polar surface area (TPSA) is 35.5 Å². The molecule has 0 N–H and O–H groups in total. The number of hydrogen-bond donors (Lipinski definition) is 0. The monoisotopic (exact) mass is 184 g/mol. The van der Waals surface area contributed by atoms with E-state index >= 15 is 0 Å². The molecule has 0 saturated heterocycles. The maximum atomic E-state index is 10.1. The predicted octanol–water partition coefficient (Wildman–Crippen LogP) is 2.05. The fourth-order valence-corrected chi connectivity index (χ4v) is 0.830. The molecule has 0 aromatic heterocycles. The van der Waals surface area contributed by atoms with E-state index in [0.717, 1.165) is 24.9 Å². The summed E-state index contributed by atoms with van der Waals surface area (Å²) >= 11 is 0. The zero-order valence-corrected chi connectivity index (χ0v) is 8.37. The van der Waals surface area contributed by atoms with E-state index in [0.29, 0.717) is 5.76 Å². The average Bonchev–Trinajstić information content (AvgIpc) is 2.16. The normalized spacial score (nSPS) is 12.5. The molecular formula is C10H16O3. The molecule has 0 rings (SSSR count). The third-order valence-electron chi connectivity index (χ3n) is 1.66. The van der Waals surface area contributed by atoms with Gasteiger partial charge < -0.3 is 9.47 Å². The summed E-state index contributed by atoms with van der Waals surface area (Å²) in [6.45, 7) is 1.88. The van der Waals surface area contributed by atoms with Crippen LogP contribution in [0.3, 0.4) is 0 Å². The molecule has 0 atom stereocenters. The Bertz CT molecular complexity index is 204. The molecule has 0 aliphatic rings. The minimum Gasteiger partial charge on any atom is -0.502 e. The van der Waals surface area contributed by atoms with Gasteiger partial charge in [-0.3, -0.25) is 4.79 Å². The van der Waals surface area contributed by atoms with Crippen molar-refractivity contribution in [2.24, 2.45) is 0 Å². The number of aldehydes is 1. The molecule has 13 heavy (non-hydrogen) atoms. The van der Waals surface area contributed by atoms with Gasteiger partial charge in [-0.25, -0.2) is 0 Å². The lowest BCUT2D eigenvalue weighted by Crippen LogP contribution is -1.88. The van der Waals surface area contributed by atoms with Crippen LogP contribution < -0.4 is 0 Å². The largest absolute Gasteiger partial charge is 0.502 e. The molecule has 0 aliphatic heterocycles. The lowest BCUT2D eigenvalue weighted by Gasteiger charge is -2.02. The molecular weight excluding hydrogens is 168 g/mol. The number of carbonyl (C=O) groups excluding carboxylic acids is 1. The molecule has 0 unspecified atom stereocenters. The molecule has 0 amide bonds. The lowest BCUT2D eigenvalue weighted by atomic mass is 10.2. The van der Waals surface area contributed by atoms with Crippen LogP contribution >= 0.6 is 0 Å². The van der Waals surface area contributed by atoms with Crippen LogP contribution in [0.5, 0.6) is 0 Å². The van der Waals surface area contributed by atoms with Gasteiger partial charge in [-0.15, -0.1) is 0 Å². The van der Waals surface area contributed by atoms with Crippen molar-refractivity contribution in [1.82, 2.24) is 0 Å². The van der Waals surface area contributed by atoms with Crippen molar-refractivity contribution in [3.63, 3.8) is 0 Å². The fraction of sp³-hybridized carbons (Fsp3) is 0.500. The summed E-state index contributed by atoms with van der Waals surface area (Å²) in [4.78, 5) is 10.1. The van der Waals surface area contributed by atoms with E-state index in [4.69, 9.17) is 9.47 Å². The first kappa shape index (κ1) is 11.8. The van der Waals surface area contributed by atoms with Crippen LogP contribution in [0.1, 0.15) is 19.8 Å². The highest BCUT2D eigenvalue weighted by Gasteiger charge is 1.94. The highest BCUT2D eigenvalue weighted by atomic mass is 16.5. The molecule has 0 radical (unpaired) electrons. The highest BCUT2D eigenvalue weighted by molar-refractivity contribution is 5.65. The number of ether oxygens (including phenoxy) is 2. The molecule has 0 aliphatic carbocycles.